The van der Waals surface area contributed by atoms with E-state index in [0.29, 0.717) is 11.5 Å². The highest BCUT2D eigenvalue weighted by Crippen LogP contribution is 2.29. The highest BCUT2D eigenvalue weighted by atomic mass is 16.5. The Hall–Kier alpha value is -4.54. The summed E-state index contributed by atoms with van der Waals surface area (Å²) in [6, 6.07) is 11.7. The Morgan fingerprint density at radius 3 is 2.55 bits per heavy atom. The SMILES string of the molecule is COc1ccc(CN(C)C(=O)C(Cc2c[nH]c3ccccc23)NC(=O)CN2CC(=O)NC(C3CCCCC3)C2=O)cc1OC. The van der Waals surface area contributed by atoms with Crippen LogP contribution in [0, 0.1) is 5.92 Å². The van der Waals surface area contributed by atoms with Crippen molar-refractivity contribution >= 4 is 34.5 Å². The Morgan fingerprint density at radius 1 is 1.05 bits per heavy atom. The van der Waals surface area contributed by atoms with Gasteiger partial charge in [0, 0.05) is 37.1 Å². The number of H-pyrrole nitrogens is 1. The fourth-order valence-electron chi connectivity index (χ4n) is 6.38. The van der Waals surface area contributed by atoms with Crippen molar-refractivity contribution in [1.29, 1.82) is 0 Å². The highest BCUT2D eigenvalue weighted by molar-refractivity contribution is 5.98. The zero-order valence-electron chi connectivity index (χ0n) is 25.6. The van der Waals surface area contributed by atoms with E-state index in [0.717, 1.165) is 54.1 Å². The number of nitrogens with one attached hydrogen (secondary N) is 3. The number of methoxy groups -OCH3 is 2. The molecule has 1 aliphatic carbocycles. The summed E-state index contributed by atoms with van der Waals surface area (Å²) >= 11 is 0. The molecule has 1 saturated heterocycles. The van der Waals surface area contributed by atoms with E-state index in [-0.39, 0.29) is 49.7 Å². The number of amides is 4. The Kier molecular flexibility index (Phi) is 9.72. The zero-order valence-corrected chi connectivity index (χ0v) is 25.6. The number of fused-ring (bicyclic) bond motifs is 1. The van der Waals surface area contributed by atoms with Crippen molar-refractivity contribution in [2.45, 2.75) is 57.2 Å². The van der Waals surface area contributed by atoms with Crippen molar-refractivity contribution in [1.82, 2.24) is 25.4 Å². The number of benzene rings is 2. The smallest absolute Gasteiger partial charge is 0.246 e. The Labute approximate surface area is 257 Å². The fourth-order valence-corrected chi connectivity index (χ4v) is 6.38. The number of carbonyl (C=O) groups is 4. The van der Waals surface area contributed by atoms with Gasteiger partial charge in [-0.3, -0.25) is 19.2 Å². The minimum atomic E-state index is -0.908. The molecule has 1 saturated carbocycles. The molecule has 44 heavy (non-hydrogen) atoms. The summed E-state index contributed by atoms with van der Waals surface area (Å²) < 4.78 is 10.7. The summed E-state index contributed by atoms with van der Waals surface area (Å²) in [5.74, 6) is -0.0785. The van der Waals surface area contributed by atoms with Crippen LogP contribution in [-0.2, 0) is 32.1 Å². The van der Waals surface area contributed by atoms with Crippen LogP contribution in [0.25, 0.3) is 10.9 Å². The molecule has 234 valence electrons. The molecular formula is C33H41N5O6. The van der Waals surface area contributed by atoms with Crippen LogP contribution in [0.5, 0.6) is 11.5 Å². The maximum atomic E-state index is 13.9. The van der Waals surface area contributed by atoms with E-state index in [1.165, 1.54) is 4.90 Å². The van der Waals surface area contributed by atoms with E-state index >= 15 is 0 Å². The lowest BCUT2D eigenvalue weighted by Gasteiger charge is -2.37. The number of nitrogens with zero attached hydrogens (tertiary/aromatic N) is 2. The number of para-hydroxylation sites is 1. The normalized spacial score (nSPS) is 18.1. The Bertz CT molecular complexity index is 1510. The second kappa shape index (κ2) is 13.8. The molecule has 2 aromatic carbocycles. The molecule has 11 nitrogen and oxygen atoms in total. The molecule has 2 heterocycles. The maximum absolute atomic E-state index is 13.9. The summed E-state index contributed by atoms with van der Waals surface area (Å²) in [4.78, 5) is 59.4. The molecule has 0 radical (unpaired) electrons. The lowest BCUT2D eigenvalue weighted by molar-refractivity contribution is -0.148. The van der Waals surface area contributed by atoms with E-state index in [9.17, 15) is 19.2 Å². The van der Waals surface area contributed by atoms with Gasteiger partial charge in [0.1, 0.15) is 25.2 Å². The largest absolute Gasteiger partial charge is 0.493 e. The third-order valence-electron chi connectivity index (χ3n) is 8.66. The van der Waals surface area contributed by atoms with Gasteiger partial charge in [0.2, 0.25) is 23.6 Å². The second-order valence-corrected chi connectivity index (χ2v) is 11.7. The highest BCUT2D eigenvalue weighted by Gasteiger charge is 2.39. The number of rotatable bonds is 11. The predicted molar refractivity (Wildman–Crippen MR) is 165 cm³/mol. The quantitative estimate of drug-likeness (QED) is 0.309. The molecule has 2 atom stereocenters. The first-order valence-corrected chi connectivity index (χ1v) is 15.2. The summed E-state index contributed by atoms with van der Waals surface area (Å²) in [5, 5.41) is 6.70. The van der Waals surface area contributed by atoms with Crippen LogP contribution in [-0.4, -0.2) is 84.9 Å². The van der Waals surface area contributed by atoms with Crippen LogP contribution >= 0.6 is 0 Å². The molecule has 2 unspecified atom stereocenters. The zero-order chi connectivity index (χ0) is 31.2. The molecule has 5 rings (SSSR count). The van der Waals surface area contributed by atoms with Crippen LogP contribution in [0.1, 0.15) is 43.2 Å². The number of likely N-dealkylation sites (N-methyl/N-ethyl adjacent to an activating group) is 1. The minimum Gasteiger partial charge on any atom is -0.493 e. The first-order valence-electron chi connectivity index (χ1n) is 15.2. The summed E-state index contributed by atoms with van der Waals surface area (Å²) in [7, 11) is 4.79. The first-order chi connectivity index (χ1) is 21.3. The van der Waals surface area contributed by atoms with E-state index in [2.05, 4.69) is 15.6 Å². The van der Waals surface area contributed by atoms with Gasteiger partial charge < -0.3 is 34.9 Å². The third-order valence-corrected chi connectivity index (χ3v) is 8.66. The topological polar surface area (TPSA) is 133 Å². The van der Waals surface area contributed by atoms with Gasteiger partial charge in [-0.2, -0.15) is 0 Å². The molecule has 3 aromatic rings. The van der Waals surface area contributed by atoms with Crippen LogP contribution < -0.4 is 20.1 Å². The average Bonchev–Trinajstić information content (AvgIpc) is 3.44. The molecule has 4 amide bonds. The number of carbonyl (C=O) groups excluding carboxylic acids is 4. The number of hydrogen-bond acceptors (Lipinski definition) is 6. The summed E-state index contributed by atoms with van der Waals surface area (Å²) in [5.41, 5.74) is 2.64. The molecule has 2 aliphatic rings. The Balaban J connectivity index is 1.32. The monoisotopic (exact) mass is 603 g/mol. The Morgan fingerprint density at radius 2 is 1.80 bits per heavy atom. The van der Waals surface area contributed by atoms with Crippen LogP contribution in [0.4, 0.5) is 0 Å². The van der Waals surface area contributed by atoms with Crippen molar-refractivity contribution in [3.8, 4) is 11.5 Å². The summed E-state index contributed by atoms with van der Waals surface area (Å²) in [6.07, 6.45) is 7.03. The summed E-state index contributed by atoms with van der Waals surface area (Å²) in [6.45, 7) is -0.213. The number of aromatic nitrogens is 1. The first kappa shape index (κ1) is 30.9. The van der Waals surface area contributed by atoms with E-state index in [4.69, 9.17) is 9.47 Å². The van der Waals surface area contributed by atoms with E-state index in [1.54, 1.807) is 32.2 Å². The van der Waals surface area contributed by atoms with Crippen molar-refractivity contribution < 1.29 is 28.7 Å². The van der Waals surface area contributed by atoms with Gasteiger partial charge in [-0.1, -0.05) is 43.5 Å². The lowest BCUT2D eigenvalue weighted by Crippen LogP contribution is -2.62. The molecule has 0 spiro atoms. The lowest BCUT2D eigenvalue weighted by atomic mass is 9.82. The van der Waals surface area contributed by atoms with Gasteiger partial charge >= 0.3 is 0 Å². The number of piperazine rings is 1. The molecule has 3 N–H and O–H groups in total. The molecule has 0 bridgehead atoms. The van der Waals surface area contributed by atoms with E-state index in [1.807, 2.05) is 42.6 Å². The van der Waals surface area contributed by atoms with Gasteiger partial charge in [-0.25, -0.2) is 0 Å². The molecule has 1 aliphatic heterocycles. The molecule has 1 aromatic heterocycles. The number of ether oxygens (including phenoxy) is 2. The average molecular weight is 604 g/mol. The van der Waals surface area contributed by atoms with Crippen LogP contribution in [0.15, 0.2) is 48.7 Å². The van der Waals surface area contributed by atoms with Crippen molar-refractivity contribution in [2.75, 3.05) is 34.4 Å². The van der Waals surface area contributed by atoms with Gasteiger partial charge in [-0.15, -0.1) is 0 Å². The van der Waals surface area contributed by atoms with Gasteiger partial charge in [0.15, 0.2) is 11.5 Å². The van der Waals surface area contributed by atoms with Crippen molar-refractivity contribution in [3.63, 3.8) is 0 Å². The van der Waals surface area contributed by atoms with Crippen molar-refractivity contribution in [2.24, 2.45) is 5.92 Å². The van der Waals surface area contributed by atoms with Crippen molar-refractivity contribution in [3.05, 3.63) is 59.8 Å². The van der Waals surface area contributed by atoms with Gasteiger partial charge in [0.05, 0.1) is 14.2 Å². The fraction of sp³-hybridized carbons (Fsp3) is 0.455. The number of hydrogen-bond donors (Lipinski definition) is 3. The van der Waals surface area contributed by atoms with Crippen LogP contribution in [0.3, 0.4) is 0 Å². The van der Waals surface area contributed by atoms with Gasteiger partial charge in [-0.05, 0) is 48.1 Å². The molecule has 2 fully saturated rings. The maximum Gasteiger partial charge on any atom is 0.246 e. The minimum absolute atomic E-state index is 0.0764. The predicted octanol–water partition coefficient (Wildman–Crippen LogP) is 2.78. The second-order valence-electron chi connectivity index (χ2n) is 11.7. The van der Waals surface area contributed by atoms with Gasteiger partial charge in [0.25, 0.3) is 0 Å². The third kappa shape index (κ3) is 6.98. The van der Waals surface area contributed by atoms with E-state index < -0.39 is 18.0 Å². The standard InChI is InChI=1S/C33H41N5O6/c1-37(18-21-13-14-27(43-2)28(15-21)44-3)32(41)26(16-23-17-34-25-12-8-7-11-24(23)25)35-29(39)19-38-20-30(40)36-31(33(38)42)22-9-5-4-6-10-22/h7-8,11-15,17,22,26,31,34H,4-6,9-10,16,18-20H2,1-3H3,(H,35,39)(H,36,40). The molecular weight excluding hydrogens is 562 g/mol. The molecule has 11 heteroatoms. The number of aromatic amines is 1. The van der Waals surface area contributed by atoms with Crippen LogP contribution in [0.2, 0.25) is 0 Å².